The number of nitrogens with one attached hydrogen (secondary N) is 1. The monoisotopic (exact) mass is 498 g/mol. The summed E-state index contributed by atoms with van der Waals surface area (Å²) in [5, 5.41) is 2.82. The Morgan fingerprint density at radius 1 is 0.892 bits per heavy atom. The molecule has 0 aromatic heterocycles. The first-order chi connectivity index (χ1) is 18.0. The van der Waals surface area contributed by atoms with Gasteiger partial charge in [-0.15, -0.1) is 0 Å². The molecule has 3 aromatic carbocycles. The minimum Gasteiger partial charge on any atom is -0.490 e. The van der Waals surface area contributed by atoms with E-state index in [1.54, 1.807) is 24.3 Å². The SMILES string of the molecule is CCOc1cc(/C=C/C(=O)c2ccc(N3CCCCC3)cc2)ccc1OCC(=O)Nc1ccc(C)cc1. The highest BCUT2D eigenvalue weighted by atomic mass is 16.5. The molecule has 1 saturated heterocycles. The zero-order chi connectivity index (χ0) is 26.0. The molecule has 1 fully saturated rings. The molecule has 6 heteroatoms. The van der Waals surface area contributed by atoms with Crippen LogP contribution in [0.1, 0.15) is 47.7 Å². The number of carbonyl (C=O) groups is 2. The van der Waals surface area contributed by atoms with Crippen LogP contribution in [-0.4, -0.2) is 38.0 Å². The highest BCUT2D eigenvalue weighted by Gasteiger charge is 2.12. The van der Waals surface area contributed by atoms with Gasteiger partial charge in [0.1, 0.15) is 0 Å². The molecule has 1 aliphatic heterocycles. The van der Waals surface area contributed by atoms with Gasteiger partial charge in [-0.1, -0.05) is 29.8 Å². The van der Waals surface area contributed by atoms with Crippen molar-refractivity contribution >= 4 is 29.1 Å². The number of hydrogen-bond donors (Lipinski definition) is 1. The third-order valence-corrected chi connectivity index (χ3v) is 6.26. The van der Waals surface area contributed by atoms with Gasteiger partial charge in [-0.25, -0.2) is 0 Å². The molecule has 0 radical (unpaired) electrons. The Morgan fingerprint density at radius 2 is 1.62 bits per heavy atom. The lowest BCUT2D eigenvalue weighted by Crippen LogP contribution is -2.29. The van der Waals surface area contributed by atoms with Gasteiger partial charge in [-0.05, 0) is 93.3 Å². The van der Waals surface area contributed by atoms with Gasteiger partial charge >= 0.3 is 0 Å². The Morgan fingerprint density at radius 3 is 2.32 bits per heavy atom. The molecular weight excluding hydrogens is 464 g/mol. The molecule has 0 unspecified atom stereocenters. The summed E-state index contributed by atoms with van der Waals surface area (Å²) in [5.74, 6) is 0.673. The van der Waals surface area contributed by atoms with Gasteiger partial charge in [-0.3, -0.25) is 9.59 Å². The summed E-state index contributed by atoms with van der Waals surface area (Å²) in [6.07, 6.45) is 7.06. The Kier molecular flexibility index (Phi) is 8.98. The molecule has 0 saturated carbocycles. The maximum absolute atomic E-state index is 12.7. The van der Waals surface area contributed by atoms with Crippen molar-refractivity contribution in [1.29, 1.82) is 0 Å². The molecule has 6 nitrogen and oxygen atoms in total. The number of piperidine rings is 1. The number of ether oxygens (including phenoxy) is 2. The molecule has 1 aliphatic rings. The van der Waals surface area contributed by atoms with Gasteiger partial charge in [0.25, 0.3) is 5.91 Å². The normalized spacial score (nSPS) is 13.4. The predicted octanol–water partition coefficient (Wildman–Crippen LogP) is 6.30. The van der Waals surface area contributed by atoms with E-state index in [0.717, 1.165) is 29.9 Å². The van der Waals surface area contributed by atoms with Crippen LogP contribution in [0.5, 0.6) is 11.5 Å². The number of anilines is 2. The summed E-state index contributed by atoms with van der Waals surface area (Å²) >= 11 is 0. The van der Waals surface area contributed by atoms with Crippen LogP contribution in [0.3, 0.4) is 0 Å². The number of rotatable bonds is 10. The predicted molar refractivity (Wildman–Crippen MR) is 149 cm³/mol. The number of amides is 1. The van der Waals surface area contributed by atoms with Crippen LogP contribution < -0.4 is 19.7 Å². The summed E-state index contributed by atoms with van der Waals surface area (Å²) in [7, 11) is 0. The number of benzene rings is 3. The zero-order valence-corrected chi connectivity index (χ0v) is 21.5. The van der Waals surface area contributed by atoms with E-state index in [1.807, 2.05) is 68.4 Å². The number of carbonyl (C=O) groups excluding carboxylic acids is 2. The molecule has 0 atom stereocenters. The van der Waals surface area contributed by atoms with E-state index < -0.39 is 0 Å². The first-order valence-corrected chi connectivity index (χ1v) is 12.9. The summed E-state index contributed by atoms with van der Waals surface area (Å²) in [6, 6.07) is 20.8. The average molecular weight is 499 g/mol. The quantitative estimate of drug-likeness (QED) is 0.263. The van der Waals surface area contributed by atoms with Gasteiger partial charge in [0.05, 0.1) is 6.61 Å². The van der Waals surface area contributed by atoms with Crippen LogP contribution in [0.2, 0.25) is 0 Å². The number of aryl methyl sites for hydroxylation is 1. The highest BCUT2D eigenvalue weighted by molar-refractivity contribution is 6.07. The van der Waals surface area contributed by atoms with Crippen molar-refractivity contribution in [2.45, 2.75) is 33.1 Å². The molecule has 0 aliphatic carbocycles. The lowest BCUT2D eigenvalue weighted by Gasteiger charge is -2.28. The zero-order valence-electron chi connectivity index (χ0n) is 21.5. The Hall–Kier alpha value is -4.06. The maximum Gasteiger partial charge on any atom is 0.262 e. The van der Waals surface area contributed by atoms with Crippen LogP contribution in [0.15, 0.2) is 72.8 Å². The van der Waals surface area contributed by atoms with Gasteiger partial charge in [0.2, 0.25) is 0 Å². The van der Waals surface area contributed by atoms with Crippen molar-refractivity contribution in [3.8, 4) is 11.5 Å². The third-order valence-electron chi connectivity index (χ3n) is 6.26. The minimum absolute atomic E-state index is 0.0590. The van der Waals surface area contributed by atoms with E-state index >= 15 is 0 Å². The van der Waals surface area contributed by atoms with E-state index in [9.17, 15) is 9.59 Å². The smallest absolute Gasteiger partial charge is 0.262 e. The summed E-state index contributed by atoms with van der Waals surface area (Å²) < 4.78 is 11.4. The second kappa shape index (κ2) is 12.8. The summed E-state index contributed by atoms with van der Waals surface area (Å²) in [5.41, 5.74) is 4.47. The lowest BCUT2D eigenvalue weighted by atomic mass is 10.1. The fourth-order valence-corrected chi connectivity index (χ4v) is 4.25. The van der Waals surface area contributed by atoms with Gasteiger partial charge in [0, 0.05) is 30.0 Å². The Labute approximate surface area is 218 Å². The molecule has 192 valence electrons. The Balaban J connectivity index is 1.36. The van der Waals surface area contributed by atoms with Gasteiger partial charge in [0.15, 0.2) is 23.9 Å². The molecule has 1 N–H and O–H groups in total. The van der Waals surface area contributed by atoms with Crippen molar-refractivity contribution in [2.75, 3.05) is 36.5 Å². The van der Waals surface area contributed by atoms with Crippen molar-refractivity contribution < 1.29 is 19.1 Å². The molecule has 1 heterocycles. The fourth-order valence-electron chi connectivity index (χ4n) is 4.25. The second-order valence-corrected chi connectivity index (χ2v) is 9.13. The molecular formula is C31H34N2O4. The van der Waals surface area contributed by atoms with Crippen LogP contribution in [0.25, 0.3) is 6.08 Å². The average Bonchev–Trinajstić information content (AvgIpc) is 2.93. The number of allylic oxidation sites excluding steroid dienone is 1. The molecule has 3 aromatic rings. The van der Waals surface area contributed by atoms with E-state index in [2.05, 4.69) is 10.2 Å². The first-order valence-electron chi connectivity index (χ1n) is 12.9. The van der Waals surface area contributed by atoms with E-state index in [1.165, 1.54) is 24.9 Å². The molecule has 0 bridgehead atoms. The van der Waals surface area contributed by atoms with Crippen LogP contribution >= 0.6 is 0 Å². The van der Waals surface area contributed by atoms with Crippen molar-refractivity contribution in [3.05, 3.63) is 89.5 Å². The van der Waals surface area contributed by atoms with Gasteiger partial charge in [-0.2, -0.15) is 0 Å². The van der Waals surface area contributed by atoms with E-state index in [-0.39, 0.29) is 18.3 Å². The van der Waals surface area contributed by atoms with Crippen molar-refractivity contribution in [1.82, 2.24) is 0 Å². The molecule has 4 rings (SSSR count). The highest BCUT2D eigenvalue weighted by Crippen LogP contribution is 2.29. The van der Waals surface area contributed by atoms with Crippen molar-refractivity contribution in [2.24, 2.45) is 0 Å². The number of ketones is 1. The maximum atomic E-state index is 12.7. The second-order valence-electron chi connectivity index (χ2n) is 9.13. The van der Waals surface area contributed by atoms with Crippen molar-refractivity contribution in [3.63, 3.8) is 0 Å². The summed E-state index contributed by atoms with van der Waals surface area (Å²) in [4.78, 5) is 27.4. The van der Waals surface area contributed by atoms with Crippen LogP contribution in [-0.2, 0) is 4.79 Å². The topological polar surface area (TPSA) is 67.9 Å². The number of nitrogens with zero attached hydrogens (tertiary/aromatic N) is 1. The van der Waals surface area contributed by atoms with Gasteiger partial charge < -0.3 is 19.7 Å². The summed E-state index contributed by atoms with van der Waals surface area (Å²) in [6.45, 7) is 6.33. The standard InChI is InChI=1S/C31H34N2O4/c1-3-36-30-21-24(10-18-29(30)37-22-31(35)32-26-13-7-23(2)8-14-26)9-17-28(34)25-11-15-27(16-12-25)33-19-5-4-6-20-33/h7-18,21H,3-6,19-20,22H2,1-2H3,(H,32,35)/b17-9+. The Bertz CT molecular complexity index is 1230. The third kappa shape index (κ3) is 7.46. The molecule has 37 heavy (non-hydrogen) atoms. The minimum atomic E-state index is -0.257. The van der Waals surface area contributed by atoms with E-state index in [0.29, 0.717) is 23.7 Å². The van der Waals surface area contributed by atoms with Crippen LogP contribution in [0, 0.1) is 6.92 Å². The number of hydrogen-bond acceptors (Lipinski definition) is 5. The fraction of sp³-hybridized carbons (Fsp3) is 0.290. The van der Waals surface area contributed by atoms with Crippen LogP contribution in [0.4, 0.5) is 11.4 Å². The molecule has 1 amide bonds. The molecule has 0 spiro atoms. The first kappa shape index (κ1) is 26.0. The van der Waals surface area contributed by atoms with E-state index in [4.69, 9.17) is 9.47 Å². The lowest BCUT2D eigenvalue weighted by molar-refractivity contribution is -0.118. The largest absolute Gasteiger partial charge is 0.490 e.